The van der Waals surface area contributed by atoms with E-state index in [1.807, 2.05) is 13.0 Å². The fourth-order valence-corrected chi connectivity index (χ4v) is 2.23. The van der Waals surface area contributed by atoms with E-state index in [-0.39, 0.29) is 0 Å². The summed E-state index contributed by atoms with van der Waals surface area (Å²) in [5.74, 6) is 0.716. The van der Waals surface area contributed by atoms with E-state index in [1.165, 1.54) is 4.88 Å². The summed E-state index contributed by atoms with van der Waals surface area (Å²) < 4.78 is 0. The highest BCUT2D eigenvalue weighted by atomic mass is 35.5. The minimum atomic E-state index is 0.499. The topological polar surface area (TPSA) is 25.8 Å². The van der Waals surface area contributed by atoms with Crippen molar-refractivity contribution in [3.05, 3.63) is 33.9 Å². The Morgan fingerprint density at radius 1 is 1.21 bits per heavy atom. The maximum absolute atomic E-state index is 5.86. The van der Waals surface area contributed by atoms with Crippen molar-refractivity contribution < 1.29 is 0 Å². The van der Waals surface area contributed by atoms with E-state index in [0.717, 1.165) is 10.6 Å². The molecule has 0 N–H and O–H groups in total. The van der Waals surface area contributed by atoms with Crippen LogP contribution in [0.4, 0.5) is 0 Å². The molecule has 72 valence electrons. The number of nitrogens with zero attached hydrogens (tertiary/aromatic N) is 2. The van der Waals surface area contributed by atoms with Gasteiger partial charge in [0.15, 0.2) is 5.82 Å². The monoisotopic (exact) mass is 224 g/mol. The Labute approximate surface area is 91.6 Å². The van der Waals surface area contributed by atoms with Gasteiger partial charge in [0.1, 0.15) is 5.15 Å². The molecule has 0 aliphatic rings. The highest BCUT2D eigenvalue weighted by Crippen LogP contribution is 2.25. The predicted octanol–water partition coefficient (Wildman–Crippen LogP) is 3.48. The van der Waals surface area contributed by atoms with Crippen LogP contribution in [0.2, 0.25) is 5.15 Å². The summed E-state index contributed by atoms with van der Waals surface area (Å²) >= 11 is 7.53. The smallest absolute Gasteiger partial charge is 0.171 e. The van der Waals surface area contributed by atoms with Gasteiger partial charge in [0.2, 0.25) is 0 Å². The molecule has 0 bridgehead atoms. The van der Waals surface area contributed by atoms with Gasteiger partial charge in [-0.1, -0.05) is 11.6 Å². The molecule has 0 atom stereocenters. The van der Waals surface area contributed by atoms with Crippen molar-refractivity contribution in [2.24, 2.45) is 0 Å². The second-order valence-corrected chi connectivity index (χ2v) is 4.74. The van der Waals surface area contributed by atoms with E-state index >= 15 is 0 Å². The van der Waals surface area contributed by atoms with Crippen LogP contribution in [0.15, 0.2) is 18.2 Å². The molecule has 2 heterocycles. The molecule has 0 spiro atoms. The van der Waals surface area contributed by atoms with Gasteiger partial charge in [-0.05, 0) is 32.0 Å². The van der Waals surface area contributed by atoms with Crippen molar-refractivity contribution in [1.82, 2.24) is 9.97 Å². The zero-order valence-electron chi connectivity index (χ0n) is 7.91. The first-order valence-electron chi connectivity index (χ1n) is 4.23. The molecule has 14 heavy (non-hydrogen) atoms. The summed E-state index contributed by atoms with van der Waals surface area (Å²) in [6, 6.07) is 5.83. The van der Waals surface area contributed by atoms with Crippen LogP contribution in [-0.4, -0.2) is 9.97 Å². The first kappa shape index (κ1) is 9.62. The van der Waals surface area contributed by atoms with E-state index in [1.54, 1.807) is 17.4 Å². The normalized spacial score (nSPS) is 10.5. The van der Waals surface area contributed by atoms with Crippen LogP contribution in [0.5, 0.6) is 0 Å². The van der Waals surface area contributed by atoms with Crippen molar-refractivity contribution in [3.8, 4) is 10.7 Å². The molecule has 2 aromatic rings. The largest absolute Gasteiger partial charge is 0.233 e. The molecule has 0 amide bonds. The van der Waals surface area contributed by atoms with Gasteiger partial charge in [-0.15, -0.1) is 11.3 Å². The van der Waals surface area contributed by atoms with Gasteiger partial charge in [-0.25, -0.2) is 9.97 Å². The molecule has 0 saturated carbocycles. The first-order chi connectivity index (χ1) is 6.65. The Kier molecular flexibility index (Phi) is 2.52. The van der Waals surface area contributed by atoms with Crippen molar-refractivity contribution in [2.75, 3.05) is 0 Å². The lowest BCUT2D eigenvalue weighted by Crippen LogP contribution is -1.89. The summed E-state index contributed by atoms with van der Waals surface area (Å²) in [5, 5.41) is 0.499. The van der Waals surface area contributed by atoms with Crippen LogP contribution in [0.1, 0.15) is 10.6 Å². The molecular weight excluding hydrogens is 216 g/mol. The highest BCUT2D eigenvalue weighted by molar-refractivity contribution is 7.15. The van der Waals surface area contributed by atoms with E-state index < -0.39 is 0 Å². The Morgan fingerprint density at radius 3 is 2.57 bits per heavy atom. The van der Waals surface area contributed by atoms with Crippen LogP contribution < -0.4 is 0 Å². The molecule has 2 rings (SSSR count). The zero-order valence-corrected chi connectivity index (χ0v) is 9.49. The van der Waals surface area contributed by atoms with E-state index in [9.17, 15) is 0 Å². The van der Waals surface area contributed by atoms with Crippen LogP contribution in [0.3, 0.4) is 0 Å². The lowest BCUT2D eigenvalue weighted by atomic mass is 10.4. The van der Waals surface area contributed by atoms with E-state index in [0.29, 0.717) is 11.0 Å². The standard InChI is InChI=1S/C10H9ClN2S/c1-6-5-9(11)13-10(12-6)8-4-3-7(2)14-8/h3-5H,1-2H3. The molecule has 4 heteroatoms. The van der Waals surface area contributed by atoms with Gasteiger partial charge in [0, 0.05) is 10.6 Å². The number of thiophene rings is 1. The zero-order chi connectivity index (χ0) is 10.1. The molecule has 2 nitrogen and oxygen atoms in total. The number of aromatic nitrogens is 2. The fourth-order valence-electron chi connectivity index (χ4n) is 1.20. The van der Waals surface area contributed by atoms with Crippen LogP contribution in [-0.2, 0) is 0 Å². The lowest BCUT2D eigenvalue weighted by Gasteiger charge is -1.98. The minimum Gasteiger partial charge on any atom is -0.233 e. The van der Waals surface area contributed by atoms with Crippen molar-refractivity contribution in [3.63, 3.8) is 0 Å². The third-order valence-corrected chi connectivity index (χ3v) is 2.97. The third-order valence-electron chi connectivity index (χ3n) is 1.78. The van der Waals surface area contributed by atoms with E-state index in [2.05, 4.69) is 23.0 Å². The van der Waals surface area contributed by atoms with Crippen molar-refractivity contribution in [2.45, 2.75) is 13.8 Å². The van der Waals surface area contributed by atoms with Crippen molar-refractivity contribution in [1.29, 1.82) is 0 Å². The van der Waals surface area contributed by atoms with Gasteiger partial charge in [0.25, 0.3) is 0 Å². The molecular formula is C10H9ClN2S. The quantitative estimate of drug-likeness (QED) is 0.694. The fraction of sp³-hybridized carbons (Fsp3) is 0.200. The molecule has 0 aliphatic heterocycles. The second-order valence-electron chi connectivity index (χ2n) is 3.07. The molecule has 0 radical (unpaired) electrons. The van der Waals surface area contributed by atoms with Gasteiger partial charge in [-0.3, -0.25) is 0 Å². The third kappa shape index (κ3) is 1.94. The summed E-state index contributed by atoms with van der Waals surface area (Å²) in [5.41, 5.74) is 0.894. The average molecular weight is 225 g/mol. The maximum atomic E-state index is 5.86. The van der Waals surface area contributed by atoms with Gasteiger partial charge < -0.3 is 0 Å². The SMILES string of the molecule is Cc1cc(Cl)nc(-c2ccc(C)s2)n1. The van der Waals surface area contributed by atoms with Crippen LogP contribution >= 0.6 is 22.9 Å². The number of aryl methyl sites for hydroxylation is 2. The summed E-state index contributed by atoms with van der Waals surface area (Å²) in [6.45, 7) is 3.98. The maximum Gasteiger partial charge on any atom is 0.171 e. The highest BCUT2D eigenvalue weighted by Gasteiger charge is 2.05. The summed E-state index contributed by atoms with van der Waals surface area (Å²) in [7, 11) is 0. The number of rotatable bonds is 1. The molecule has 0 aromatic carbocycles. The Bertz CT molecular complexity index is 445. The van der Waals surface area contributed by atoms with Gasteiger partial charge in [-0.2, -0.15) is 0 Å². The summed E-state index contributed by atoms with van der Waals surface area (Å²) in [6.07, 6.45) is 0. The Hall–Kier alpha value is -0.930. The average Bonchev–Trinajstić information content (AvgIpc) is 2.50. The number of halogens is 1. The van der Waals surface area contributed by atoms with Gasteiger partial charge in [0.05, 0.1) is 4.88 Å². The summed E-state index contributed by atoms with van der Waals surface area (Å²) in [4.78, 5) is 10.8. The molecule has 0 unspecified atom stereocenters. The molecule has 0 aliphatic carbocycles. The number of hydrogen-bond acceptors (Lipinski definition) is 3. The predicted molar refractivity (Wildman–Crippen MR) is 59.8 cm³/mol. The first-order valence-corrected chi connectivity index (χ1v) is 5.42. The lowest BCUT2D eigenvalue weighted by molar-refractivity contribution is 1.12. The Morgan fingerprint density at radius 2 is 2.00 bits per heavy atom. The number of hydrogen-bond donors (Lipinski definition) is 0. The van der Waals surface area contributed by atoms with Crippen molar-refractivity contribution >= 4 is 22.9 Å². The second kappa shape index (κ2) is 3.67. The molecule has 0 fully saturated rings. The molecule has 2 aromatic heterocycles. The Balaban J connectivity index is 2.51. The minimum absolute atomic E-state index is 0.499. The van der Waals surface area contributed by atoms with Gasteiger partial charge >= 0.3 is 0 Å². The van der Waals surface area contributed by atoms with E-state index in [4.69, 9.17) is 11.6 Å². The van der Waals surface area contributed by atoms with Crippen LogP contribution in [0.25, 0.3) is 10.7 Å². The molecule has 0 saturated heterocycles. The van der Waals surface area contributed by atoms with Crippen LogP contribution in [0, 0.1) is 13.8 Å².